The Morgan fingerprint density at radius 2 is 1.76 bits per heavy atom. The number of fused-ring (bicyclic) bond motifs is 1. The van der Waals surface area contributed by atoms with Gasteiger partial charge < -0.3 is 19.9 Å². The molecule has 0 bridgehead atoms. The van der Waals surface area contributed by atoms with Gasteiger partial charge in [0.15, 0.2) is 0 Å². The van der Waals surface area contributed by atoms with E-state index in [1.165, 1.54) is 5.69 Å². The summed E-state index contributed by atoms with van der Waals surface area (Å²) >= 11 is 0. The zero-order valence-electron chi connectivity index (χ0n) is 20.4. The molecule has 34 heavy (non-hydrogen) atoms. The van der Waals surface area contributed by atoms with Gasteiger partial charge in [-0.15, -0.1) is 0 Å². The third-order valence-electron chi connectivity index (χ3n) is 8.39. The number of amides is 2. The number of nitrogens with one attached hydrogen (secondary N) is 1. The molecule has 8 heteroatoms. The Morgan fingerprint density at radius 3 is 2.50 bits per heavy atom. The van der Waals surface area contributed by atoms with Crippen LogP contribution in [-0.4, -0.2) is 110 Å². The van der Waals surface area contributed by atoms with Crippen LogP contribution < -0.4 is 10.2 Å². The van der Waals surface area contributed by atoms with E-state index in [9.17, 15) is 9.59 Å². The van der Waals surface area contributed by atoms with E-state index in [2.05, 4.69) is 51.3 Å². The predicted octanol–water partition coefficient (Wildman–Crippen LogP) is 1.17. The quantitative estimate of drug-likeness (QED) is 0.698. The molecule has 1 aromatic carbocycles. The second-order valence-electron chi connectivity index (χ2n) is 10.2. The summed E-state index contributed by atoms with van der Waals surface area (Å²) in [7, 11) is 2.15. The molecule has 4 heterocycles. The van der Waals surface area contributed by atoms with Gasteiger partial charge in [-0.05, 0) is 44.9 Å². The number of likely N-dealkylation sites (N-methyl/N-ethyl adjacent to an activating group) is 1. The number of likely N-dealkylation sites (tertiary alicyclic amines) is 1. The summed E-state index contributed by atoms with van der Waals surface area (Å²) in [6.45, 7) is 6.47. The Labute approximate surface area is 203 Å². The Morgan fingerprint density at radius 1 is 1.03 bits per heavy atom. The van der Waals surface area contributed by atoms with Crippen molar-refractivity contribution in [1.82, 2.24) is 20.0 Å². The average Bonchev–Trinajstić information content (AvgIpc) is 3.30. The van der Waals surface area contributed by atoms with E-state index < -0.39 is 0 Å². The summed E-state index contributed by atoms with van der Waals surface area (Å²) in [5.74, 6) is 0.398. The number of benzene rings is 1. The molecule has 1 aromatic rings. The summed E-state index contributed by atoms with van der Waals surface area (Å²) in [4.78, 5) is 35.3. The summed E-state index contributed by atoms with van der Waals surface area (Å²) in [6, 6.07) is 11.2. The molecule has 4 aliphatic heterocycles. The molecule has 3 atom stereocenters. The lowest BCUT2D eigenvalue weighted by molar-refractivity contribution is -0.132. The number of anilines is 1. The van der Waals surface area contributed by atoms with Gasteiger partial charge in [0.05, 0.1) is 0 Å². The average molecular weight is 470 g/mol. The van der Waals surface area contributed by atoms with E-state index in [1.807, 2.05) is 11.0 Å². The van der Waals surface area contributed by atoms with Crippen molar-refractivity contribution in [2.75, 3.05) is 64.4 Å². The van der Waals surface area contributed by atoms with Crippen LogP contribution in [0.15, 0.2) is 30.3 Å². The van der Waals surface area contributed by atoms with Crippen LogP contribution in [0.5, 0.6) is 0 Å². The van der Waals surface area contributed by atoms with Crippen molar-refractivity contribution in [3.8, 4) is 0 Å². The van der Waals surface area contributed by atoms with Crippen molar-refractivity contribution in [3.05, 3.63) is 30.3 Å². The summed E-state index contributed by atoms with van der Waals surface area (Å²) in [5.41, 5.74) is 1.23. The zero-order valence-corrected chi connectivity index (χ0v) is 20.4. The molecule has 0 aliphatic carbocycles. The van der Waals surface area contributed by atoms with Crippen LogP contribution >= 0.6 is 0 Å². The topological polar surface area (TPSA) is 68.4 Å². The summed E-state index contributed by atoms with van der Waals surface area (Å²) < 4.78 is 5.54. The first-order valence-electron chi connectivity index (χ1n) is 13.0. The number of carbonyl (C=O) groups is 2. The van der Waals surface area contributed by atoms with Crippen LogP contribution in [0, 0.1) is 0 Å². The first kappa shape index (κ1) is 23.6. The molecule has 4 aliphatic rings. The van der Waals surface area contributed by atoms with Crippen LogP contribution in [0.1, 0.15) is 32.1 Å². The standard InChI is InChI=1S/C26H39N5O3/c1-28-22(7-8-24(32)30-15-13-29(14-16-30)20-5-3-2-4-6-20)19-27-26(33)25-23(28)9-12-31(25)21-10-17-34-18-11-21/h2-6,21-23,25H,7-19H2,1H3,(H,27,33)/t22-,23-,25-/m0/s1. The first-order chi connectivity index (χ1) is 16.6. The largest absolute Gasteiger partial charge is 0.381 e. The van der Waals surface area contributed by atoms with Gasteiger partial charge in [-0.25, -0.2) is 0 Å². The maximum absolute atomic E-state index is 13.1. The molecule has 1 N–H and O–H groups in total. The van der Waals surface area contributed by atoms with Crippen LogP contribution in [0.25, 0.3) is 0 Å². The van der Waals surface area contributed by atoms with Crippen molar-refractivity contribution in [3.63, 3.8) is 0 Å². The number of piperazine rings is 1. The Hall–Kier alpha value is -2.16. The molecule has 0 aromatic heterocycles. The summed E-state index contributed by atoms with van der Waals surface area (Å²) in [5, 5.41) is 3.21. The van der Waals surface area contributed by atoms with Crippen molar-refractivity contribution in [1.29, 1.82) is 0 Å². The number of carbonyl (C=O) groups excluding carboxylic acids is 2. The van der Waals surface area contributed by atoms with E-state index in [0.29, 0.717) is 19.0 Å². The lowest BCUT2D eigenvalue weighted by Crippen LogP contribution is -2.53. The molecule has 2 amide bonds. The Balaban J connectivity index is 1.13. The van der Waals surface area contributed by atoms with Gasteiger partial charge in [0.25, 0.3) is 0 Å². The highest BCUT2D eigenvalue weighted by Gasteiger charge is 2.47. The Kier molecular flexibility index (Phi) is 7.37. The van der Waals surface area contributed by atoms with Gasteiger partial charge in [0.1, 0.15) is 6.04 Å². The van der Waals surface area contributed by atoms with Gasteiger partial charge >= 0.3 is 0 Å². The van der Waals surface area contributed by atoms with Crippen LogP contribution in [0.4, 0.5) is 5.69 Å². The molecule has 5 rings (SSSR count). The Bertz CT molecular complexity index is 838. The van der Waals surface area contributed by atoms with Crippen LogP contribution in [-0.2, 0) is 14.3 Å². The second-order valence-corrected chi connectivity index (χ2v) is 10.2. The van der Waals surface area contributed by atoms with Crippen LogP contribution in [0.3, 0.4) is 0 Å². The number of hydrogen-bond donors (Lipinski definition) is 1. The maximum atomic E-state index is 13.1. The molecule has 4 saturated heterocycles. The van der Waals surface area contributed by atoms with Gasteiger partial charge in [0.2, 0.25) is 11.8 Å². The number of nitrogens with zero attached hydrogens (tertiary/aromatic N) is 4. The van der Waals surface area contributed by atoms with E-state index in [4.69, 9.17) is 4.74 Å². The molecule has 186 valence electrons. The van der Waals surface area contributed by atoms with E-state index in [1.54, 1.807) is 0 Å². The van der Waals surface area contributed by atoms with Crippen molar-refractivity contribution >= 4 is 17.5 Å². The molecular weight excluding hydrogens is 430 g/mol. The number of hydrogen-bond acceptors (Lipinski definition) is 6. The number of ether oxygens (including phenoxy) is 1. The lowest BCUT2D eigenvalue weighted by Gasteiger charge is -2.38. The van der Waals surface area contributed by atoms with E-state index in [0.717, 1.165) is 71.6 Å². The minimum absolute atomic E-state index is 0.0835. The van der Waals surface area contributed by atoms with Gasteiger partial charge in [-0.3, -0.25) is 19.4 Å². The highest BCUT2D eigenvalue weighted by atomic mass is 16.5. The molecule has 0 saturated carbocycles. The van der Waals surface area contributed by atoms with Crippen molar-refractivity contribution in [2.24, 2.45) is 0 Å². The van der Waals surface area contributed by atoms with Crippen molar-refractivity contribution < 1.29 is 14.3 Å². The molecule has 4 fully saturated rings. The van der Waals surface area contributed by atoms with Gasteiger partial charge in [0, 0.05) is 82.7 Å². The molecule has 0 spiro atoms. The normalized spacial score (nSPS) is 29.6. The maximum Gasteiger partial charge on any atom is 0.239 e. The first-order valence-corrected chi connectivity index (χ1v) is 13.0. The fourth-order valence-electron chi connectivity index (χ4n) is 6.32. The minimum Gasteiger partial charge on any atom is -0.381 e. The third-order valence-corrected chi connectivity index (χ3v) is 8.39. The lowest BCUT2D eigenvalue weighted by atomic mass is 10.0. The van der Waals surface area contributed by atoms with Gasteiger partial charge in [-0.2, -0.15) is 0 Å². The van der Waals surface area contributed by atoms with Crippen LogP contribution in [0.2, 0.25) is 0 Å². The van der Waals surface area contributed by atoms with Crippen molar-refractivity contribution in [2.45, 2.75) is 56.3 Å². The monoisotopic (exact) mass is 469 g/mol. The summed E-state index contributed by atoms with van der Waals surface area (Å²) in [6.07, 6.45) is 4.36. The highest BCUT2D eigenvalue weighted by molar-refractivity contribution is 5.83. The van der Waals surface area contributed by atoms with E-state index >= 15 is 0 Å². The number of para-hydroxylation sites is 1. The zero-order chi connectivity index (χ0) is 23.5. The minimum atomic E-state index is -0.0835. The third kappa shape index (κ3) is 4.95. The molecular formula is C26H39N5O3. The fourth-order valence-corrected chi connectivity index (χ4v) is 6.32. The molecule has 0 radical (unpaired) electrons. The smallest absolute Gasteiger partial charge is 0.239 e. The molecule has 0 unspecified atom stereocenters. The second kappa shape index (κ2) is 10.6. The SMILES string of the molecule is CN1[C@@H](CCC(=O)N2CCN(c3ccccc3)CC2)CNC(=O)[C@@H]2[C@@H]1CCN2C1CCOCC1. The van der Waals surface area contributed by atoms with E-state index in [-0.39, 0.29) is 29.9 Å². The fraction of sp³-hybridized carbons (Fsp3) is 0.692. The predicted molar refractivity (Wildman–Crippen MR) is 132 cm³/mol. The van der Waals surface area contributed by atoms with Gasteiger partial charge in [-0.1, -0.05) is 18.2 Å². The highest BCUT2D eigenvalue weighted by Crippen LogP contribution is 2.31. The molecule has 8 nitrogen and oxygen atoms in total. The number of rotatable bonds is 5.